The van der Waals surface area contributed by atoms with Crippen molar-refractivity contribution >= 4 is 11.8 Å². The predicted molar refractivity (Wildman–Crippen MR) is 110 cm³/mol. The van der Waals surface area contributed by atoms with Gasteiger partial charge in [0.25, 0.3) is 0 Å². The van der Waals surface area contributed by atoms with Gasteiger partial charge in [0, 0.05) is 19.1 Å². The Morgan fingerprint density at radius 1 is 1.07 bits per heavy atom. The van der Waals surface area contributed by atoms with Gasteiger partial charge in [-0.3, -0.25) is 5.32 Å². The molecule has 2 aromatic carbocycles. The van der Waals surface area contributed by atoms with Gasteiger partial charge < -0.3 is 10.2 Å². The Kier molecular flexibility index (Phi) is 6.75. The van der Waals surface area contributed by atoms with E-state index in [1.54, 1.807) is 10.9 Å². The zero-order valence-corrected chi connectivity index (χ0v) is 16.2. The number of aromatic nitrogens is 3. The first kappa shape index (κ1) is 19.6. The van der Waals surface area contributed by atoms with Crippen molar-refractivity contribution in [2.24, 2.45) is 0 Å². The molecular formula is C21H26N6O. The van der Waals surface area contributed by atoms with E-state index in [-0.39, 0.29) is 12.1 Å². The number of carbonyl (C=O) groups is 1. The van der Waals surface area contributed by atoms with Crippen molar-refractivity contribution in [3.63, 3.8) is 0 Å². The van der Waals surface area contributed by atoms with Gasteiger partial charge in [0.05, 0.1) is 12.7 Å². The highest BCUT2D eigenvalue weighted by molar-refractivity contribution is 5.88. The van der Waals surface area contributed by atoms with Gasteiger partial charge in [0.2, 0.25) is 0 Å². The molecule has 1 unspecified atom stereocenters. The maximum atomic E-state index is 12.2. The van der Waals surface area contributed by atoms with Crippen LogP contribution in [0.15, 0.2) is 66.9 Å². The molecule has 1 aromatic heterocycles. The van der Waals surface area contributed by atoms with Crippen molar-refractivity contribution in [2.75, 3.05) is 18.9 Å². The van der Waals surface area contributed by atoms with Crippen molar-refractivity contribution < 1.29 is 4.79 Å². The summed E-state index contributed by atoms with van der Waals surface area (Å²) in [6, 6.07) is 20.0. The molecule has 0 aliphatic rings. The first-order chi connectivity index (χ1) is 13.6. The van der Waals surface area contributed by atoms with Gasteiger partial charge in [-0.15, -0.1) is 5.10 Å². The maximum absolute atomic E-state index is 12.2. The second-order valence-electron chi connectivity index (χ2n) is 6.97. The molecule has 1 heterocycles. The summed E-state index contributed by atoms with van der Waals surface area (Å²) in [6.45, 7) is 4.16. The Morgan fingerprint density at radius 2 is 1.71 bits per heavy atom. The van der Waals surface area contributed by atoms with Crippen molar-refractivity contribution in [1.82, 2.24) is 25.2 Å². The largest absolute Gasteiger partial charge is 0.334 e. The summed E-state index contributed by atoms with van der Waals surface area (Å²) in [7, 11) is 2.04. The van der Waals surface area contributed by atoms with Crippen LogP contribution < -0.4 is 10.6 Å². The fourth-order valence-electron chi connectivity index (χ4n) is 3.05. The number of urea groups is 1. The van der Waals surface area contributed by atoms with Crippen molar-refractivity contribution in [1.29, 1.82) is 0 Å². The third kappa shape index (κ3) is 6.21. The van der Waals surface area contributed by atoms with Crippen LogP contribution in [-0.4, -0.2) is 45.6 Å². The van der Waals surface area contributed by atoms with E-state index in [4.69, 9.17) is 0 Å². The lowest BCUT2D eigenvalue weighted by atomic mass is 10.2. The van der Waals surface area contributed by atoms with Gasteiger partial charge in [0.1, 0.15) is 0 Å². The molecular weight excluding hydrogens is 352 g/mol. The molecule has 7 nitrogen and oxygen atoms in total. The highest BCUT2D eigenvalue weighted by atomic mass is 16.2. The number of likely N-dealkylation sites (N-methyl/N-ethyl adjacent to an activating group) is 1. The zero-order valence-electron chi connectivity index (χ0n) is 16.2. The van der Waals surface area contributed by atoms with Crippen molar-refractivity contribution in [3.05, 3.63) is 78.0 Å². The van der Waals surface area contributed by atoms with Crippen LogP contribution in [0, 0.1) is 0 Å². The van der Waals surface area contributed by atoms with Crippen molar-refractivity contribution in [3.8, 4) is 0 Å². The van der Waals surface area contributed by atoms with Crippen LogP contribution >= 0.6 is 0 Å². The number of carbonyl (C=O) groups excluding carboxylic acids is 1. The van der Waals surface area contributed by atoms with E-state index >= 15 is 0 Å². The number of nitrogens with one attached hydrogen (secondary N) is 2. The summed E-state index contributed by atoms with van der Waals surface area (Å²) in [5, 5.41) is 13.7. The highest BCUT2D eigenvalue weighted by Gasteiger charge is 2.12. The molecule has 3 aromatic rings. The molecule has 0 fully saturated rings. The van der Waals surface area contributed by atoms with Crippen LogP contribution in [0.3, 0.4) is 0 Å². The SMILES string of the molecule is CC(CN(C)Cc1ccccc1)NC(=O)Nc1cn(Cc2ccccc2)nn1. The fraction of sp³-hybridized carbons (Fsp3) is 0.286. The molecule has 0 spiro atoms. The molecule has 0 radical (unpaired) electrons. The Labute approximate surface area is 165 Å². The summed E-state index contributed by atoms with van der Waals surface area (Å²) in [5.74, 6) is 0.429. The lowest BCUT2D eigenvalue weighted by Gasteiger charge is -2.22. The Bertz CT molecular complexity index is 865. The van der Waals surface area contributed by atoms with Crippen LogP contribution in [0.4, 0.5) is 10.6 Å². The number of rotatable bonds is 8. The second kappa shape index (κ2) is 9.66. The van der Waals surface area contributed by atoms with E-state index in [2.05, 4.69) is 38.0 Å². The quantitative estimate of drug-likeness (QED) is 0.632. The highest BCUT2D eigenvalue weighted by Crippen LogP contribution is 2.06. The Balaban J connectivity index is 1.43. The van der Waals surface area contributed by atoms with Crippen LogP contribution in [0.5, 0.6) is 0 Å². The van der Waals surface area contributed by atoms with Gasteiger partial charge in [0.15, 0.2) is 5.82 Å². The van der Waals surface area contributed by atoms with E-state index in [1.807, 2.05) is 62.5 Å². The summed E-state index contributed by atoms with van der Waals surface area (Å²) in [6.07, 6.45) is 1.72. The first-order valence-corrected chi connectivity index (χ1v) is 9.32. The van der Waals surface area contributed by atoms with E-state index in [1.165, 1.54) is 5.56 Å². The van der Waals surface area contributed by atoms with Gasteiger partial charge in [-0.2, -0.15) is 0 Å². The summed E-state index contributed by atoms with van der Waals surface area (Å²) in [4.78, 5) is 14.4. The van der Waals surface area contributed by atoms with Gasteiger partial charge in [-0.25, -0.2) is 9.48 Å². The van der Waals surface area contributed by atoms with Crippen LogP contribution in [-0.2, 0) is 13.1 Å². The monoisotopic (exact) mass is 378 g/mol. The molecule has 146 valence electrons. The molecule has 2 amide bonds. The molecule has 0 aliphatic carbocycles. The molecule has 0 aliphatic heterocycles. The molecule has 3 rings (SSSR count). The smallest absolute Gasteiger partial charge is 0.320 e. The fourth-order valence-corrected chi connectivity index (χ4v) is 3.05. The van der Waals surface area contributed by atoms with Crippen molar-refractivity contribution in [2.45, 2.75) is 26.1 Å². The molecule has 1 atom stereocenters. The molecule has 0 saturated heterocycles. The van der Waals surface area contributed by atoms with Crippen LogP contribution in [0.1, 0.15) is 18.1 Å². The molecule has 28 heavy (non-hydrogen) atoms. The standard InChI is InChI=1S/C21H26N6O/c1-17(13-26(2)14-18-9-5-3-6-10-18)22-21(28)23-20-16-27(25-24-20)15-19-11-7-4-8-12-19/h3-12,16-17H,13-15H2,1-2H3,(H2,22,23,28). The van der Waals surface area contributed by atoms with Gasteiger partial charge >= 0.3 is 6.03 Å². The van der Waals surface area contributed by atoms with Gasteiger partial charge in [-0.1, -0.05) is 65.9 Å². The summed E-state index contributed by atoms with van der Waals surface area (Å²) < 4.78 is 1.70. The lowest BCUT2D eigenvalue weighted by Crippen LogP contribution is -2.42. The van der Waals surface area contributed by atoms with E-state index in [0.717, 1.165) is 18.7 Å². The average molecular weight is 378 g/mol. The Hall–Kier alpha value is -3.19. The Morgan fingerprint density at radius 3 is 2.39 bits per heavy atom. The van der Waals surface area contributed by atoms with E-state index < -0.39 is 0 Å². The molecule has 0 saturated carbocycles. The minimum Gasteiger partial charge on any atom is -0.334 e. The maximum Gasteiger partial charge on any atom is 0.320 e. The number of amides is 2. The summed E-state index contributed by atoms with van der Waals surface area (Å²) in [5.41, 5.74) is 2.37. The average Bonchev–Trinajstić information content (AvgIpc) is 3.09. The number of nitrogens with zero attached hydrogens (tertiary/aromatic N) is 4. The minimum atomic E-state index is -0.285. The molecule has 0 bridgehead atoms. The third-order valence-corrected chi connectivity index (χ3v) is 4.23. The number of hydrogen-bond donors (Lipinski definition) is 2. The number of anilines is 1. The lowest BCUT2D eigenvalue weighted by molar-refractivity contribution is 0.241. The first-order valence-electron chi connectivity index (χ1n) is 9.32. The van der Waals surface area contributed by atoms with E-state index in [9.17, 15) is 4.79 Å². The van der Waals surface area contributed by atoms with E-state index in [0.29, 0.717) is 12.4 Å². The summed E-state index contributed by atoms with van der Waals surface area (Å²) >= 11 is 0. The zero-order chi connectivity index (χ0) is 19.8. The predicted octanol–water partition coefficient (Wildman–Crippen LogP) is 2.97. The topological polar surface area (TPSA) is 75.1 Å². The van der Waals surface area contributed by atoms with Crippen LogP contribution in [0.2, 0.25) is 0 Å². The van der Waals surface area contributed by atoms with Gasteiger partial charge in [-0.05, 0) is 25.1 Å². The van der Waals surface area contributed by atoms with Crippen LogP contribution in [0.25, 0.3) is 0 Å². The number of benzene rings is 2. The second-order valence-corrected chi connectivity index (χ2v) is 6.97. The normalized spacial score (nSPS) is 12.0. The number of hydrogen-bond acceptors (Lipinski definition) is 4. The molecule has 2 N–H and O–H groups in total. The third-order valence-electron chi connectivity index (χ3n) is 4.23. The minimum absolute atomic E-state index is 0.00641. The molecule has 7 heteroatoms.